The lowest BCUT2D eigenvalue weighted by molar-refractivity contribution is 0.0693. The van der Waals surface area contributed by atoms with E-state index >= 15 is 0 Å². The highest BCUT2D eigenvalue weighted by atomic mass is 35.5. The maximum absolute atomic E-state index is 11.5. The Kier molecular flexibility index (Phi) is 4.17. The Labute approximate surface area is 120 Å². The molecule has 0 unspecified atom stereocenters. The smallest absolute Gasteiger partial charge is 0.339 e. The number of aryl methyl sites for hydroxylation is 1. The van der Waals surface area contributed by atoms with Crippen molar-refractivity contribution in [1.29, 1.82) is 0 Å². The molecule has 0 saturated carbocycles. The van der Waals surface area contributed by atoms with Crippen LogP contribution in [0.25, 0.3) is 5.69 Å². The van der Waals surface area contributed by atoms with Crippen LogP contribution in [0.2, 0.25) is 5.02 Å². The summed E-state index contributed by atoms with van der Waals surface area (Å²) in [4.78, 5) is 12.2. The summed E-state index contributed by atoms with van der Waals surface area (Å²) in [5.74, 6) is -0.154. The molecule has 0 fully saturated rings. The number of aromatic nitrogens is 2. The van der Waals surface area contributed by atoms with Crippen molar-refractivity contribution in [3.8, 4) is 5.69 Å². The molecule has 0 radical (unpaired) electrons. The van der Waals surface area contributed by atoms with Crippen molar-refractivity contribution < 1.29 is 9.90 Å². The summed E-state index contributed by atoms with van der Waals surface area (Å²) in [6.07, 6.45) is 1.62. The predicted octanol–water partition coefficient (Wildman–Crippen LogP) is 3.64. The van der Waals surface area contributed by atoms with Crippen molar-refractivity contribution in [3.05, 3.63) is 40.7 Å². The van der Waals surface area contributed by atoms with Crippen LogP contribution in [0.4, 0.5) is 0 Å². The Hall–Kier alpha value is -1.46. The molecule has 4 nitrogen and oxygen atoms in total. The van der Waals surface area contributed by atoms with Gasteiger partial charge >= 0.3 is 5.97 Å². The fourth-order valence-corrected chi connectivity index (χ4v) is 2.72. The van der Waals surface area contributed by atoms with E-state index in [1.165, 1.54) is 16.4 Å². The predicted molar refractivity (Wildman–Crippen MR) is 76.7 cm³/mol. The first-order valence-corrected chi connectivity index (χ1v) is 7.12. The van der Waals surface area contributed by atoms with Crippen LogP contribution in [0.3, 0.4) is 0 Å². The molecule has 0 amide bonds. The molecular weight excluding hydrogens is 284 g/mol. The Morgan fingerprint density at radius 1 is 1.53 bits per heavy atom. The number of hydrogen-bond donors (Lipinski definition) is 1. The van der Waals surface area contributed by atoms with E-state index in [0.717, 1.165) is 10.6 Å². The molecule has 1 N–H and O–H groups in total. The highest BCUT2D eigenvalue weighted by Gasteiger charge is 2.18. The average Bonchev–Trinajstić information content (AvgIpc) is 2.69. The van der Waals surface area contributed by atoms with Gasteiger partial charge in [0.2, 0.25) is 0 Å². The number of carboxylic acids is 1. The first kappa shape index (κ1) is 14.0. The lowest BCUT2D eigenvalue weighted by Crippen LogP contribution is -2.08. The van der Waals surface area contributed by atoms with Crippen LogP contribution in [-0.2, 0) is 0 Å². The zero-order chi connectivity index (χ0) is 14.0. The highest BCUT2D eigenvalue weighted by Crippen LogP contribution is 2.28. The number of carbonyl (C=O) groups is 1. The number of benzene rings is 1. The van der Waals surface area contributed by atoms with Crippen LogP contribution < -0.4 is 0 Å². The molecule has 6 heteroatoms. The van der Waals surface area contributed by atoms with Gasteiger partial charge in [-0.05, 0) is 24.8 Å². The van der Waals surface area contributed by atoms with E-state index in [2.05, 4.69) is 5.10 Å². The lowest BCUT2D eigenvalue weighted by Gasteiger charge is -2.10. The minimum atomic E-state index is -0.962. The van der Waals surface area contributed by atoms with Crippen molar-refractivity contribution >= 4 is 29.3 Å². The second kappa shape index (κ2) is 5.67. The average molecular weight is 297 g/mol. The van der Waals surface area contributed by atoms with Gasteiger partial charge in [0.15, 0.2) is 0 Å². The fraction of sp³-hybridized carbons (Fsp3) is 0.231. The normalized spacial score (nSPS) is 10.7. The number of carboxylic acid groups (broad SMARTS) is 1. The second-order valence-electron chi connectivity index (χ2n) is 3.90. The van der Waals surface area contributed by atoms with Crippen molar-refractivity contribution in [2.24, 2.45) is 0 Å². The van der Waals surface area contributed by atoms with Crippen LogP contribution >= 0.6 is 23.4 Å². The van der Waals surface area contributed by atoms with Crippen LogP contribution in [-0.4, -0.2) is 26.6 Å². The Balaban J connectivity index is 2.62. The van der Waals surface area contributed by atoms with Crippen LogP contribution in [0.15, 0.2) is 29.3 Å². The number of aromatic carboxylic acids is 1. The van der Waals surface area contributed by atoms with E-state index in [-0.39, 0.29) is 5.56 Å². The maximum atomic E-state index is 11.5. The van der Waals surface area contributed by atoms with E-state index in [4.69, 9.17) is 11.6 Å². The topological polar surface area (TPSA) is 55.1 Å². The fourth-order valence-electron chi connectivity index (χ4n) is 1.76. The van der Waals surface area contributed by atoms with Gasteiger partial charge in [-0.3, -0.25) is 0 Å². The van der Waals surface area contributed by atoms with E-state index in [9.17, 15) is 9.90 Å². The summed E-state index contributed by atoms with van der Waals surface area (Å²) >= 11 is 7.47. The van der Waals surface area contributed by atoms with Crippen LogP contribution in [0.1, 0.15) is 23.0 Å². The van der Waals surface area contributed by atoms with Crippen molar-refractivity contribution in [2.75, 3.05) is 5.75 Å². The Bertz CT molecular complexity index is 606. The number of thioether (sulfide) groups is 1. The number of halogens is 1. The molecule has 100 valence electrons. The summed E-state index contributed by atoms with van der Waals surface area (Å²) in [5.41, 5.74) is 1.46. The molecule has 0 bridgehead atoms. The van der Waals surface area contributed by atoms with Gasteiger partial charge in [0.1, 0.15) is 0 Å². The van der Waals surface area contributed by atoms with Gasteiger partial charge in [0.25, 0.3) is 0 Å². The molecule has 0 saturated heterocycles. The van der Waals surface area contributed by atoms with Gasteiger partial charge in [-0.2, -0.15) is 5.10 Å². The summed E-state index contributed by atoms with van der Waals surface area (Å²) < 4.78 is 1.51. The Morgan fingerprint density at radius 2 is 2.26 bits per heavy atom. The molecule has 0 spiro atoms. The van der Waals surface area contributed by atoms with Gasteiger partial charge in [-0.1, -0.05) is 24.6 Å². The van der Waals surface area contributed by atoms with Gasteiger partial charge in [-0.15, -0.1) is 11.8 Å². The van der Waals surface area contributed by atoms with Gasteiger partial charge in [-0.25, -0.2) is 9.48 Å². The largest absolute Gasteiger partial charge is 0.478 e. The second-order valence-corrected chi connectivity index (χ2v) is 5.61. The minimum absolute atomic E-state index is 0.258. The third-order valence-electron chi connectivity index (χ3n) is 2.60. The molecular formula is C13H13ClN2O2S. The zero-order valence-corrected chi connectivity index (χ0v) is 12.1. The van der Waals surface area contributed by atoms with Gasteiger partial charge in [0.05, 0.1) is 22.0 Å². The zero-order valence-electron chi connectivity index (χ0n) is 10.6. The van der Waals surface area contributed by atoms with Crippen LogP contribution in [0.5, 0.6) is 0 Å². The summed E-state index contributed by atoms with van der Waals surface area (Å²) in [5, 5.41) is 14.2. The van der Waals surface area contributed by atoms with E-state index < -0.39 is 5.97 Å². The molecule has 2 rings (SSSR count). The lowest BCUT2D eigenvalue weighted by atomic mass is 10.2. The van der Waals surface area contributed by atoms with Crippen molar-refractivity contribution in [3.63, 3.8) is 0 Å². The van der Waals surface area contributed by atoms with Crippen molar-refractivity contribution in [2.45, 2.75) is 18.7 Å². The summed E-state index contributed by atoms with van der Waals surface area (Å²) in [7, 11) is 0. The van der Waals surface area contributed by atoms with E-state index in [1.807, 2.05) is 13.0 Å². The van der Waals surface area contributed by atoms with E-state index in [0.29, 0.717) is 16.4 Å². The maximum Gasteiger partial charge on any atom is 0.339 e. The molecule has 0 aliphatic carbocycles. The molecule has 1 heterocycles. The van der Waals surface area contributed by atoms with Gasteiger partial charge in [0, 0.05) is 11.1 Å². The first-order valence-electron chi connectivity index (χ1n) is 5.75. The quantitative estimate of drug-likeness (QED) is 0.875. The highest BCUT2D eigenvalue weighted by molar-refractivity contribution is 7.99. The molecule has 0 aliphatic rings. The van der Waals surface area contributed by atoms with Crippen LogP contribution in [0, 0.1) is 6.92 Å². The molecule has 19 heavy (non-hydrogen) atoms. The molecule has 2 aromatic rings. The van der Waals surface area contributed by atoms with E-state index in [1.54, 1.807) is 25.3 Å². The monoisotopic (exact) mass is 296 g/mol. The number of rotatable bonds is 4. The third-order valence-corrected chi connectivity index (χ3v) is 3.91. The molecule has 0 atom stereocenters. The van der Waals surface area contributed by atoms with Gasteiger partial charge < -0.3 is 5.11 Å². The molecule has 0 aliphatic heterocycles. The SMILES string of the molecule is CCSc1cccc(-n2cc(Cl)c(C)n2)c1C(=O)O. The Morgan fingerprint density at radius 3 is 2.79 bits per heavy atom. The first-order chi connectivity index (χ1) is 9.04. The standard InChI is InChI=1S/C13H13ClN2O2S/c1-3-19-11-6-4-5-10(12(11)13(17)18)16-7-9(14)8(2)15-16/h4-7H,3H2,1-2H3,(H,17,18). The van der Waals surface area contributed by atoms with Crippen molar-refractivity contribution in [1.82, 2.24) is 9.78 Å². The number of hydrogen-bond acceptors (Lipinski definition) is 3. The summed E-state index contributed by atoms with van der Waals surface area (Å²) in [6, 6.07) is 5.36. The number of nitrogens with zero attached hydrogens (tertiary/aromatic N) is 2. The molecule has 1 aromatic carbocycles. The minimum Gasteiger partial charge on any atom is -0.478 e. The third kappa shape index (κ3) is 2.77. The summed E-state index contributed by atoms with van der Waals surface area (Å²) in [6.45, 7) is 3.77. The molecule has 1 aromatic heterocycles.